The Kier molecular flexibility index (Phi) is 4.23. The van der Waals surface area contributed by atoms with Gasteiger partial charge in [-0.3, -0.25) is 14.6 Å². The third-order valence-corrected chi connectivity index (χ3v) is 2.06. The molecule has 0 unspecified atom stereocenters. The number of pyridine rings is 1. The maximum atomic E-state index is 11.5. The van der Waals surface area contributed by atoms with Gasteiger partial charge in [-0.1, -0.05) is 0 Å². The summed E-state index contributed by atoms with van der Waals surface area (Å²) in [6.07, 6.45) is 3.16. The first kappa shape index (κ1) is 11.6. The van der Waals surface area contributed by atoms with E-state index in [1.54, 1.807) is 12.3 Å². The van der Waals surface area contributed by atoms with Crippen molar-refractivity contribution < 1.29 is 9.59 Å². The largest absolute Gasteiger partial charge is 0.370 e. The standard InChI is InChI=1S/C9H10BrN3O2/c10-7-3-6(4-12-5-7)9(15)13-2-1-8(11)14/h3-5H,1-2H2,(H2,11,14)(H,13,15). The highest BCUT2D eigenvalue weighted by atomic mass is 79.9. The summed E-state index contributed by atoms with van der Waals surface area (Å²) in [6, 6.07) is 1.65. The zero-order chi connectivity index (χ0) is 11.3. The van der Waals surface area contributed by atoms with Crippen LogP contribution in [0.2, 0.25) is 0 Å². The van der Waals surface area contributed by atoms with Gasteiger partial charge in [0.25, 0.3) is 5.91 Å². The number of nitrogens with two attached hydrogens (primary N) is 1. The maximum Gasteiger partial charge on any atom is 0.252 e. The molecule has 0 aliphatic carbocycles. The van der Waals surface area contributed by atoms with Crippen LogP contribution in [0.15, 0.2) is 22.9 Å². The van der Waals surface area contributed by atoms with Crippen molar-refractivity contribution in [1.82, 2.24) is 10.3 Å². The maximum absolute atomic E-state index is 11.5. The summed E-state index contributed by atoms with van der Waals surface area (Å²) in [7, 11) is 0. The molecular weight excluding hydrogens is 262 g/mol. The van der Waals surface area contributed by atoms with Gasteiger partial charge in [0, 0.05) is 29.8 Å². The number of primary amides is 1. The molecule has 0 aliphatic rings. The SMILES string of the molecule is NC(=O)CCNC(=O)c1cncc(Br)c1. The van der Waals surface area contributed by atoms with Gasteiger partial charge < -0.3 is 11.1 Å². The Labute approximate surface area is 95.2 Å². The molecule has 0 saturated carbocycles. The molecule has 5 nitrogen and oxygen atoms in total. The van der Waals surface area contributed by atoms with Crippen molar-refractivity contribution in [2.24, 2.45) is 5.73 Å². The van der Waals surface area contributed by atoms with E-state index in [2.05, 4.69) is 26.2 Å². The summed E-state index contributed by atoms with van der Waals surface area (Å²) in [4.78, 5) is 25.7. The molecule has 1 aromatic rings. The van der Waals surface area contributed by atoms with Crippen LogP contribution in [0.4, 0.5) is 0 Å². The Bertz CT molecular complexity index is 381. The predicted molar refractivity (Wildman–Crippen MR) is 58.1 cm³/mol. The van der Waals surface area contributed by atoms with Crippen molar-refractivity contribution in [3.05, 3.63) is 28.5 Å². The second-order valence-corrected chi connectivity index (χ2v) is 3.78. The van der Waals surface area contributed by atoms with Gasteiger partial charge in [-0.2, -0.15) is 0 Å². The quantitative estimate of drug-likeness (QED) is 0.834. The van der Waals surface area contributed by atoms with Crippen molar-refractivity contribution >= 4 is 27.7 Å². The van der Waals surface area contributed by atoms with Gasteiger partial charge in [0.05, 0.1) is 5.56 Å². The summed E-state index contributed by atoms with van der Waals surface area (Å²) in [5.74, 6) is -0.715. The van der Waals surface area contributed by atoms with Crippen LogP contribution in [0.5, 0.6) is 0 Å². The van der Waals surface area contributed by atoms with E-state index in [4.69, 9.17) is 5.73 Å². The molecule has 1 rings (SSSR count). The predicted octanol–water partition coefficient (Wildman–Crippen LogP) is 0.449. The fourth-order valence-corrected chi connectivity index (χ4v) is 1.30. The van der Waals surface area contributed by atoms with Gasteiger partial charge in [0.2, 0.25) is 5.91 Å². The highest BCUT2D eigenvalue weighted by molar-refractivity contribution is 9.10. The van der Waals surface area contributed by atoms with E-state index in [1.165, 1.54) is 6.20 Å². The average molecular weight is 272 g/mol. The van der Waals surface area contributed by atoms with E-state index in [9.17, 15) is 9.59 Å². The number of halogens is 1. The lowest BCUT2D eigenvalue weighted by Gasteiger charge is -2.03. The second-order valence-electron chi connectivity index (χ2n) is 2.86. The molecule has 0 radical (unpaired) electrons. The molecule has 15 heavy (non-hydrogen) atoms. The van der Waals surface area contributed by atoms with Crippen molar-refractivity contribution in [1.29, 1.82) is 0 Å². The topological polar surface area (TPSA) is 85.1 Å². The van der Waals surface area contributed by atoms with Crippen LogP contribution in [-0.2, 0) is 4.79 Å². The van der Waals surface area contributed by atoms with Gasteiger partial charge in [0.15, 0.2) is 0 Å². The minimum Gasteiger partial charge on any atom is -0.370 e. The fourth-order valence-electron chi connectivity index (χ4n) is 0.937. The highest BCUT2D eigenvalue weighted by Gasteiger charge is 2.05. The lowest BCUT2D eigenvalue weighted by Crippen LogP contribution is -2.27. The summed E-state index contributed by atoms with van der Waals surface area (Å²) >= 11 is 3.21. The highest BCUT2D eigenvalue weighted by Crippen LogP contribution is 2.09. The van der Waals surface area contributed by atoms with Gasteiger partial charge in [-0.25, -0.2) is 0 Å². The van der Waals surface area contributed by atoms with E-state index in [1.807, 2.05) is 0 Å². The Morgan fingerprint density at radius 3 is 2.80 bits per heavy atom. The number of carbonyl (C=O) groups is 2. The zero-order valence-electron chi connectivity index (χ0n) is 7.87. The number of hydrogen-bond acceptors (Lipinski definition) is 3. The van der Waals surface area contributed by atoms with Crippen LogP contribution in [0, 0.1) is 0 Å². The molecule has 0 bridgehead atoms. The zero-order valence-corrected chi connectivity index (χ0v) is 9.45. The number of amides is 2. The first-order chi connectivity index (χ1) is 7.09. The van der Waals surface area contributed by atoms with E-state index in [0.717, 1.165) is 4.47 Å². The van der Waals surface area contributed by atoms with Crippen LogP contribution in [0.3, 0.4) is 0 Å². The van der Waals surface area contributed by atoms with Crippen LogP contribution < -0.4 is 11.1 Å². The number of rotatable bonds is 4. The Morgan fingerprint density at radius 1 is 1.47 bits per heavy atom. The van der Waals surface area contributed by atoms with Crippen molar-refractivity contribution in [2.75, 3.05) is 6.54 Å². The summed E-state index contributed by atoms with van der Waals surface area (Å²) in [5.41, 5.74) is 5.37. The fraction of sp³-hybridized carbons (Fsp3) is 0.222. The lowest BCUT2D eigenvalue weighted by atomic mass is 10.2. The first-order valence-corrected chi connectivity index (χ1v) is 5.06. The van der Waals surface area contributed by atoms with Crippen LogP contribution in [0.25, 0.3) is 0 Å². The molecule has 0 atom stereocenters. The number of carbonyl (C=O) groups excluding carboxylic acids is 2. The molecule has 1 heterocycles. The molecule has 2 amide bonds. The van der Waals surface area contributed by atoms with Gasteiger partial charge in [-0.15, -0.1) is 0 Å². The second kappa shape index (κ2) is 5.45. The van der Waals surface area contributed by atoms with Crippen LogP contribution in [0.1, 0.15) is 16.8 Å². The number of aromatic nitrogens is 1. The molecule has 0 spiro atoms. The minimum atomic E-state index is -0.442. The molecule has 0 aromatic carbocycles. The summed E-state index contributed by atoms with van der Waals surface area (Å²) in [6.45, 7) is 0.237. The molecule has 0 saturated heterocycles. The molecule has 80 valence electrons. The first-order valence-electron chi connectivity index (χ1n) is 4.26. The van der Waals surface area contributed by atoms with E-state index in [0.29, 0.717) is 5.56 Å². The molecule has 6 heteroatoms. The van der Waals surface area contributed by atoms with Crippen LogP contribution >= 0.6 is 15.9 Å². The summed E-state index contributed by atoms with van der Waals surface area (Å²) < 4.78 is 0.727. The lowest BCUT2D eigenvalue weighted by molar-refractivity contribution is -0.117. The number of nitrogens with zero attached hydrogens (tertiary/aromatic N) is 1. The van der Waals surface area contributed by atoms with Gasteiger partial charge in [-0.05, 0) is 22.0 Å². The van der Waals surface area contributed by atoms with Crippen molar-refractivity contribution in [2.45, 2.75) is 6.42 Å². The Hall–Kier alpha value is -1.43. The van der Waals surface area contributed by atoms with Gasteiger partial charge in [0.1, 0.15) is 0 Å². The normalized spacial score (nSPS) is 9.67. The monoisotopic (exact) mass is 271 g/mol. The molecule has 1 aromatic heterocycles. The number of hydrogen-bond donors (Lipinski definition) is 2. The van der Waals surface area contributed by atoms with Crippen molar-refractivity contribution in [3.63, 3.8) is 0 Å². The van der Waals surface area contributed by atoms with E-state index in [-0.39, 0.29) is 18.9 Å². The Balaban J connectivity index is 2.50. The van der Waals surface area contributed by atoms with Gasteiger partial charge >= 0.3 is 0 Å². The average Bonchev–Trinajstić information content (AvgIpc) is 2.17. The third-order valence-electron chi connectivity index (χ3n) is 1.62. The van der Waals surface area contributed by atoms with Crippen LogP contribution in [-0.4, -0.2) is 23.3 Å². The van der Waals surface area contributed by atoms with Crippen molar-refractivity contribution in [3.8, 4) is 0 Å². The number of nitrogens with one attached hydrogen (secondary N) is 1. The minimum absolute atomic E-state index is 0.132. The Morgan fingerprint density at radius 2 is 2.20 bits per heavy atom. The van der Waals surface area contributed by atoms with E-state index < -0.39 is 5.91 Å². The third kappa shape index (κ3) is 4.07. The molecule has 0 fully saturated rings. The summed E-state index contributed by atoms with van der Waals surface area (Å²) in [5, 5.41) is 2.56. The smallest absolute Gasteiger partial charge is 0.252 e. The molecule has 3 N–H and O–H groups in total. The molecule has 0 aliphatic heterocycles. The molecular formula is C9H10BrN3O2. The van der Waals surface area contributed by atoms with E-state index >= 15 is 0 Å².